The first-order valence-electron chi connectivity index (χ1n) is 9.56. The maximum atomic E-state index is 15.3. The van der Waals surface area contributed by atoms with Crippen molar-refractivity contribution in [2.45, 2.75) is 36.7 Å². The zero-order valence-electron chi connectivity index (χ0n) is 15.6. The van der Waals surface area contributed by atoms with Crippen molar-refractivity contribution in [1.82, 2.24) is 9.97 Å². The third-order valence-corrected chi connectivity index (χ3v) is 5.42. The molecule has 4 nitrogen and oxygen atoms in total. The van der Waals surface area contributed by atoms with Crippen molar-refractivity contribution in [3.63, 3.8) is 0 Å². The molecule has 3 aromatic rings. The van der Waals surface area contributed by atoms with Crippen molar-refractivity contribution in [2.24, 2.45) is 0 Å². The smallest absolute Gasteiger partial charge is 0.207 e. The van der Waals surface area contributed by atoms with Gasteiger partial charge >= 0.3 is 0 Å². The van der Waals surface area contributed by atoms with E-state index in [-0.39, 0.29) is 11.9 Å². The summed E-state index contributed by atoms with van der Waals surface area (Å²) in [5.41, 5.74) is 2.24. The second-order valence-corrected chi connectivity index (χ2v) is 7.51. The molecule has 0 spiro atoms. The summed E-state index contributed by atoms with van der Waals surface area (Å²) in [4.78, 5) is 11.4. The van der Waals surface area contributed by atoms with Gasteiger partial charge in [0.15, 0.2) is 11.6 Å². The Morgan fingerprint density at radius 1 is 1.04 bits per heavy atom. The SMILES string of the molecule is Fc1c(NCc2ccc(S)cc2)ncnc1N1CCCCC1c1ccccc1. The van der Waals surface area contributed by atoms with Gasteiger partial charge in [0.2, 0.25) is 5.82 Å². The summed E-state index contributed by atoms with van der Waals surface area (Å²) >= 11 is 4.29. The van der Waals surface area contributed by atoms with Crippen LogP contribution in [0.4, 0.5) is 16.0 Å². The van der Waals surface area contributed by atoms with Crippen LogP contribution in [0.2, 0.25) is 0 Å². The quantitative estimate of drug-likeness (QED) is 0.580. The highest BCUT2D eigenvalue weighted by Crippen LogP contribution is 2.36. The number of halogens is 1. The Kier molecular flexibility index (Phi) is 5.76. The molecule has 0 bridgehead atoms. The average Bonchev–Trinajstić information content (AvgIpc) is 2.75. The second kappa shape index (κ2) is 8.61. The number of rotatable bonds is 5. The van der Waals surface area contributed by atoms with Gasteiger partial charge in [-0.1, -0.05) is 42.5 Å². The van der Waals surface area contributed by atoms with Crippen LogP contribution < -0.4 is 10.2 Å². The standard InChI is InChI=1S/C22H23FN4S/c23-20-21(24-14-16-9-11-18(28)12-10-16)25-15-26-22(20)27-13-5-4-8-19(27)17-6-2-1-3-7-17/h1-3,6-7,9-12,15,19,28H,4-5,8,13-14H2,(H,24,25,26). The van der Waals surface area contributed by atoms with Crippen LogP contribution in [0.5, 0.6) is 0 Å². The summed E-state index contributed by atoms with van der Waals surface area (Å²) in [6.07, 6.45) is 4.60. The average molecular weight is 395 g/mol. The number of hydrogen-bond acceptors (Lipinski definition) is 5. The number of aromatic nitrogens is 2. The van der Waals surface area contributed by atoms with Crippen molar-refractivity contribution in [3.05, 3.63) is 77.9 Å². The van der Waals surface area contributed by atoms with Crippen molar-refractivity contribution in [1.29, 1.82) is 0 Å². The van der Waals surface area contributed by atoms with Gasteiger partial charge in [-0.05, 0) is 42.5 Å². The monoisotopic (exact) mass is 394 g/mol. The molecular formula is C22H23FN4S. The largest absolute Gasteiger partial charge is 0.363 e. The molecule has 0 saturated carbocycles. The molecule has 0 aliphatic carbocycles. The van der Waals surface area contributed by atoms with Crippen LogP contribution in [0.1, 0.15) is 36.4 Å². The number of anilines is 2. The number of nitrogens with zero attached hydrogens (tertiary/aromatic N) is 3. The van der Waals surface area contributed by atoms with Crippen molar-refractivity contribution in [2.75, 3.05) is 16.8 Å². The molecule has 6 heteroatoms. The molecule has 1 aliphatic heterocycles. The van der Waals surface area contributed by atoms with Crippen LogP contribution in [-0.2, 0) is 6.54 Å². The van der Waals surface area contributed by atoms with Crippen LogP contribution >= 0.6 is 12.6 Å². The number of hydrogen-bond donors (Lipinski definition) is 2. The van der Waals surface area contributed by atoms with E-state index < -0.39 is 5.82 Å². The number of thiol groups is 1. The van der Waals surface area contributed by atoms with Gasteiger partial charge in [-0.15, -0.1) is 12.6 Å². The molecule has 1 fully saturated rings. The highest BCUT2D eigenvalue weighted by atomic mass is 32.1. The highest BCUT2D eigenvalue weighted by Gasteiger charge is 2.28. The summed E-state index contributed by atoms with van der Waals surface area (Å²) < 4.78 is 15.3. The Morgan fingerprint density at radius 2 is 1.82 bits per heavy atom. The zero-order valence-corrected chi connectivity index (χ0v) is 16.4. The normalized spacial score (nSPS) is 16.8. The Bertz CT molecular complexity index is 918. The second-order valence-electron chi connectivity index (χ2n) is 7.00. The fourth-order valence-corrected chi connectivity index (χ4v) is 3.84. The van der Waals surface area contributed by atoms with Crippen molar-refractivity contribution < 1.29 is 4.39 Å². The molecule has 1 unspecified atom stereocenters. The number of nitrogens with one attached hydrogen (secondary N) is 1. The van der Waals surface area contributed by atoms with Gasteiger partial charge in [-0.3, -0.25) is 0 Å². The molecule has 28 heavy (non-hydrogen) atoms. The summed E-state index contributed by atoms with van der Waals surface area (Å²) in [5.74, 6) is 0.213. The fourth-order valence-electron chi connectivity index (χ4n) is 3.69. The van der Waals surface area contributed by atoms with Crippen molar-refractivity contribution >= 4 is 24.3 Å². The Balaban J connectivity index is 1.57. The van der Waals surface area contributed by atoms with Crippen LogP contribution in [0, 0.1) is 5.82 Å². The Hall–Kier alpha value is -2.60. The molecule has 2 aromatic carbocycles. The number of benzene rings is 2. The number of piperidine rings is 1. The molecule has 1 atom stereocenters. The van der Waals surface area contributed by atoms with Crippen LogP contribution in [0.15, 0.2) is 65.8 Å². The lowest BCUT2D eigenvalue weighted by molar-refractivity contribution is 0.459. The van der Waals surface area contributed by atoms with E-state index in [2.05, 4.69) is 44.9 Å². The third kappa shape index (κ3) is 4.12. The molecule has 0 amide bonds. The minimum atomic E-state index is -0.392. The van der Waals surface area contributed by atoms with E-state index in [1.807, 2.05) is 42.5 Å². The maximum Gasteiger partial charge on any atom is 0.207 e. The van der Waals surface area contributed by atoms with E-state index >= 15 is 4.39 Å². The lowest BCUT2D eigenvalue weighted by Crippen LogP contribution is -2.35. The zero-order chi connectivity index (χ0) is 19.3. The van der Waals surface area contributed by atoms with Crippen LogP contribution in [0.25, 0.3) is 0 Å². The van der Waals surface area contributed by atoms with Gasteiger partial charge < -0.3 is 10.2 Å². The lowest BCUT2D eigenvalue weighted by atomic mass is 9.95. The minimum absolute atomic E-state index is 0.134. The van der Waals surface area contributed by atoms with Gasteiger partial charge in [0, 0.05) is 18.0 Å². The van der Waals surface area contributed by atoms with E-state index in [0.29, 0.717) is 12.4 Å². The molecule has 2 heterocycles. The lowest BCUT2D eigenvalue weighted by Gasteiger charge is -2.37. The van der Waals surface area contributed by atoms with E-state index in [0.717, 1.165) is 36.3 Å². The van der Waals surface area contributed by atoms with Gasteiger partial charge in [0.05, 0.1) is 6.04 Å². The Labute approximate surface area is 170 Å². The predicted molar refractivity (Wildman–Crippen MR) is 113 cm³/mol. The van der Waals surface area contributed by atoms with Gasteiger partial charge in [-0.2, -0.15) is 4.39 Å². The minimum Gasteiger partial charge on any atom is -0.363 e. The molecule has 4 rings (SSSR count). The molecule has 144 valence electrons. The molecule has 1 N–H and O–H groups in total. The third-order valence-electron chi connectivity index (χ3n) is 5.13. The Morgan fingerprint density at radius 3 is 2.61 bits per heavy atom. The van der Waals surface area contributed by atoms with E-state index in [9.17, 15) is 0 Å². The maximum absolute atomic E-state index is 15.3. The molecule has 1 aliphatic rings. The molecular weight excluding hydrogens is 371 g/mol. The molecule has 1 aromatic heterocycles. The highest BCUT2D eigenvalue weighted by molar-refractivity contribution is 7.80. The summed E-state index contributed by atoms with van der Waals surface area (Å²) in [5, 5.41) is 3.11. The topological polar surface area (TPSA) is 41.1 Å². The summed E-state index contributed by atoms with van der Waals surface area (Å²) in [6, 6.07) is 18.2. The van der Waals surface area contributed by atoms with E-state index in [1.54, 1.807) is 0 Å². The van der Waals surface area contributed by atoms with Crippen LogP contribution in [0.3, 0.4) is 0 Å². The molecule has 1 saturated heterocycles. The predicted octanol–water partition coefficient (Wildman–Crippen LogP) is 5.25. The van der Waals surface area contributed by atoms with Gasteiger partial charge in [0.25, 0.3) is 0 Å². The first-order valence-corrected chi connectivity index (χ1v) is 10.0. The molecule has 0 radical (unpaired) electrons. The van der Waals surface area contributed by atoms with Gasteiger partial charge in [-0.25, -0.2) is 9.97 Å². The summed E-state index contributed by atoms with van der Waals surface area (Å²) in [6.45, 7) is 1.28. The van der Waals surface area contributed by atoms with Crippen molar-refractivity contribution in [3.8, 4) is 0 Å². The fraction of sp³-hybridized carbons (Fsp3) is 0.273. The van der Waals surface area contributed by atoms with Crippen LogP contribution in [-0.4, -0.2) is 16.5 Å². The van der Waals surface area contributed by atoms with E-state index in [1.165, 1.54) is 11.9 Å². The summed E-state index contributed by atoms with van der Waals surface area (Å²) in [7, 11) is 0. The first-order chi connectivity index (χ1) is 13.7. The van der Waals surface area contributed by atoms with Gasteiger partial charge in [0.1, 0.15) is 6.33 Å². The van der Waals surface area contributed by atoms with E-state index in [4.69, 9.17) is 0 Å². The first kappa shape index (κ1) is 18.7.